The van der Waals surface area contributed by atoms with Crippen molar-refractivity contribution < 1.29 is 16.8 Å². The van der Waals surface area contributed by atoms with E-state index in [1.165, 1.54) is 12.1 Å². The van der Waals surface area contributed by atoms with E-state index in [1.54, 1.807) is 12.1 Å². The zero-order valence-electron chi connectivity index (χ0n) is 15.2. The Hall–Kier alpha value is -1.22. The monoisotopic (exact) mass is 398 g/mol. The smallest absolute Gasteiger partial charge is 0.242 e. The van der Waals surface area contributed by atoms with Crippen LogP contribution in [0.1, 0.15) is 44.6 Å². The van der Waals surface area contributed by atoms with Gasteiger partial charge in [-0.1, -0.05) is 38.3 Å². The van der Waals surface area contributed by atoms with Crippen LogP contribution >= 0.6 is 0 Å². The van der Waals surface area contributed by atoms with Crippen LogP contribution in [0, 0.1) is 0 Å². The SMILES string of the molecule is CCNCC1=C(c2ccc(S(C)(=O)=O)cc2)S(=O)(=O)NC12CCCCC2. The highest BCUT2D eigenvalue weighted by molar-refractivity contribution is 7.99. The van der Waals surface area contributed by atoms with Crippen LogP contribution in [0.25, 0.3) is 4.91 Å². The molecule has 0 bridgehead atoms. The lowest BCUT2D eigenvalue weighted by Gasteiger charge is -2.35. The van der Waals surface area contributed by atoms with Crippen molar-refractivity contribution in [3.8, 4) is 0 Å². The molecule has 0 amide bonds. The molecule has 1 heterocycles. The maximum atomic E-state index is 13.0. The second-order valence-electron chi connectivity index (χ2n) is 7.13. The fourth-order valence-corrected chi connectivity index (χ4v) is 6.60. The summed E-state index contributed by atoms with van der Waals surface area (Å²) in [6, 6.07) is 6.14. The van der Waals surface area contributed by atoms with E-state index in [0.29, 0.717) is 17.0 Å². The van der Waals surface area contributed by atoms with Crippen molar-refractivity contribution in [1.82, 2.24) is 10.0 Å². The molecule has 0 saturated heterocycles. The predicted octanol–water partition coefficient (Wildman–Crippen LogP) is 2.05. The average molecular weight is 399 g/mol. The van der Waals surface area contributed by atoms with Gasteiger partial charge in [0, 0.05) is 12.8 Å². The lowest BCUT2D eigenvalue weighted by molar-refractivity contribution is 0.315. The minimum absolute atomic E-state index is 0.186. The number of likely N-dealkylation sites (N-methyl/N-ethyl adjacent to an activating group) is 1. The van der Waals surface area contributed by atoms with E-state index in [1.807, 2.05) is 6.92 Å². The van der Waals surface area contributed by atoms with Crippen LogP contribution in [0.15, 0.2) is 34.7 Å². The fraction of sp³-hybridized carbons (Fsp3) is 0.556. The molecule has 26 heavy (non-hydrogen) atoms. The molecule has 0 atom stereocenters. The molecule has 1 saturated carbocycles. The van der Waals surface area contributed by atoms with E-state index >= 15 is 0 Å². The molecule has 3 rings (SSSR count). The van der Waals surface area contributed by atoms with Crippen molar-refractivity contribution in [2.45, 2.75) is 49.5 Å². The summed E-state index contributed by atoms with van der Waals surface area (Å²) in [5, 5.41) is 3.28. The first-order valence-electron chi connectivity index (χ1n) is 8.98. The molecule has 0 unspecified atom stereocenters. The summed E-state index contributed by atoms with van der Waals surface area (Å²) in [6.07, 6.45) is 5.87. The van der Waals surface area contributed by atoms with E-state index in [4.69, 9.17) is 0 Å². The number of benzene rings is 1. The summed E-state index contributed by atoms with van der Waals surface area (Å²) < 4.78 is 52.3. The topological polar surface area (TPSA) is 92.3 Å². The van der Waals surface area contributed by atoms with Gasteiger partial charge in [-0.05, 0) is 42.7 Å². The highest BCUT2D eigenvalue weighted by Crippen LogP contribution is 2.45. The average Bonchev–Trinajstić information content (AvgIpc) is 2.79. The van der Waals surface area contributed by atoms with Gasteiger partial charge < -0.3 is 5.32 Å². The Balaban J connectivity index is 2.13. The van der Waals surface area contributed by atoms with Gasteiger partial charge in [-0.25, -0.2) is 21.6 Å². The van der Waals surface area contributed by atoms with Crippen LogP contribution < -0.4 is 10.0 Å². The lowest BCUT2D eigenvalue weighted by atomic mass is 9.76. The quantitative estimate of drug-likeness (QED) is 0.792. The molecule has 1 fully saturated rings. The third-order valence-corrected chi connectivity index (χ3v) is 8.06. The Kier molecular flexibility index (Phi) is 5.31. The number of hydrogen-bond donors (Lipinski definition) is 2. The van der Waals surface area contributed by atoms with Crippen LogP contribution in [-0.2, 0) is 19.9 Å². The van der Waals surface area contributed by atoms with E-state index in [-0.39, 0.29) is 4.90 Å². The number of nitrogens with one attached hydrogen (secondary N) is 2. The van der Waals surface area contributed by atoms with Gasteiger partial charge in [0.2, 0.25) is 10.0 Å². The Morgan fingerprint density at radius 1 is 1.12 bits per heavy atom. The molecule has 1 aromatic carbocycles. The third kappa shape index (κ3) is 3.60. The Bertz CT molecular complexity index is 910. The minimum Gasteiger partial charge on any atom is -0.313 e. The number of rotatable bonds is 5. The molecular formula is C18H26N2O4S2. The van der Waals surface area contributed by atoms with Gasteiger partial charge in [0.15, 0.2) is 9.84 Å². The first-order valence-corrected chi connectivity index (χ1v) is 12.4. The van der Waals surface area contributed by atoms with Crippen molar-refractivity contribution in [3.63, 3.8) is 0 Å². The van der Waals surface area contributed by atoms with Crippen molar-refractivity contribution in [2.75, 3.05) is 19.3 Å². The summed E-state index contributed by atoms with van der Waals surface area (Å²) in [4.78, 5) is 0.492. The summed E-state index contributed by atoms with van der Waals surface area (Å²) >= 11 is 0. The predicted molar refractivity (Wildman–Crippen MR) is 103 cm³/mol. The molecule has 6 nitrogen and oxygen atoms in total. The molecule has 0 radical (unpaired) electrons. The van der Waals surface area contributed by atoms with Crippen molar-refractivity contribution in [1.29, 1.82) is 0 Å². The van der Waals surface area contributed by atoms with Gasteiger partial charge in [0.05, 0.1) is 15.3 Å². The van der Waals surface area contributed by atoms with Crippen LogP contribution in [0.3, 0.4) is 0 Å². The third-order valence-electron chi connectivity index (χ3n) is 5.25. The first-order chi connectivity index (χ1) is 12.2. The molecule has 1 aromatic rings. The van der Waals surface area contributed by atoms with Gasteiger partial charge >= 0.3 is 0 Å². The Morgan fingerprint density at radius 3 is 2.27 bits per heavy atom. The van der Waals surface area contributed by atoms with Crippen molar-refractivity contribution in [3.05, 3.63) is 35.4 Å². The molecule has 1 aliphatic heterocycles. The lowest BCUT2D eigenvalue weighted by Crippen LogP contribution is -2.47. The van der Waals surface area contributed by atoms with E-state index in [0.717, 1.165) is 50.5 Å². The summed E-state index contributed by atoms with van der Waals surface area (Å²) in [5.74, 6) is 0. The molecule has 8 heteroatoms. The standard InChI is InChI=1S/C18H26N2O4S2/c1-3-19-13-16-17(14-7-9-15(10-8-14)25(2,21)22)26(23,24)20-18(16)11-5-4-6-12-18/h7-10,19-20H,3-6,11-13H2,1-2H3. The van der Waals surface area contributed by atoms with Crippen LogP contribution in [0.5, 0.6) is 0 Å². The number of sulfonamides is 1. The number of hydrogen-bond acceptors (Lipinski definition) is 5. The van der Waals surface area contributed by atoms with Gasteiger partial charge in [-0.2, -0.15) is 0 Å². The zero-order valence-corrected chi connectivity index (χ0v) is 16.8. The van der Waals surface area contributed by atoms with Gasteiger partial charge in [0.25, 0.3) is 0 Å². The summed E-state index contributed by atoms with van der Waals surface area (Å²) in [7, 11) is -6.96. The second-order valence-corrected chi connectivity index (χ2v) is 10.8. The second kappa shape index (κ2) is 7.07. The first kappa shape index (κ1) is 19.5. The van der Waals surface area contributed by atoms with Crippen LogP contribution in [0.4, 0.5) is 0 Å². The van der Waals surface area contributed by atoms with E-state index in [9.17, 15) is 16.8 Å². The molecule has 0 aromatic heterocycles. The highest BCUT2D eigenvalue weighted by atomic mass is 32.2. The maximum absolute atomic E-state index is 13.0. The van der Waals surface area contributed by atoms with Crippen LogP contribution in [-0.4, -0.2) is 41.7 Å². The minimum atomic E-state index is -3.64. The summed E-state index contributed by atoms with van der Waals surface area (Å²) in [6.45, 7) is 3.25. The Morgan fingerprint density at radius 2 is 1.73 bits per heavy atom. The molecule has 2 N–H and O–H groups in total. The molecule has 1 aliphatic carbocycles. The van der Waals surface area contributed by atoms with Crippen molar-refractivity contribution in [2.24, 2.45) is 0 Å². The van der Waals surface area contributed by atoms with Crippen molar-refractivity contribution >= 4 is 24.8 Å². The highest BCUT2D eigenvalue weighted by Gasteiger charge is 2.48. The Labute approximate surface area is 156 Å². The largest absolute Gasteiger partial charge is 0.313 e. The molecule has 1 spiro atoms. The fourth-order valence-electron chi connectivity index (χ4n) is 3.99. The summed E-state index contributed by atoms with van der Waals surface area (Å²) in [5.41, 5.74) is 0.913. The zero-order chi connectivity index (χ0) is 19.0. The number of sulfone groups is 1. The molecular weight excluding hydrogens is 372 g/mol. The van der Waals surface area contributed by atoms with E-state index < -0.39 is 25.4 Å². The maximum Gasteiger partial charge on any atom is 0.242 e. The molecule has 144 valence electrons. The van der Waals surface area contributed by atoms with Gasteiger partial charge in [-0.15, -0.1) is 0 Å². The van der Waals surface area contributed by atoms with Gasteiger partial charge in [-0.3, -0.25) is 0 Å². The van der Waals surface area contributed by atoms with E-state index in [2.05, 4.69) is 10.0 Å². The van der Waals surface area contributed by atoms with Crippen LogP contribution in [0.2, 0.25) is 0 Å². The normalized spacial score (nSPS) is 22.1. The molecule has 2 aliphatic rings. The van der Waals surface area contributed by atoms with Gasteiger partial charge in [0.1, 0.15) is 0 Å².